The molecular weight excluding hydrogens is 733 g/mol. The van der Waals surface area contributed by atoms with Crippen molar-refractivity contribution < 1.29 is 41.0 Å². The molecule has 296 valence electrons. The lowest BCUT2D eigenvalue weighted by Gasteiger charge is -2.46. The number of aromatic nitrogens is 2. The number of imidazole rings is 1. The predicted octanol–water partition coefficient (Wildman–Crippen LogP) is 9.35. The van der Waals surface area contributed by atoms with Gasteiger partial charge in [0.15, 0.2) is 0 Å². The van der Waals surface area contributed by atoms with Gasteiger partial charge < -0.3 is 15.0 Å². The first-order valence-electron chi connectivity index (χ1n) is 17.7. The van der Waals surface area contributed by atoms with Crippen LogP contribution in [-0.4, -0.2) is 64.0 Å². The third-order valence-corrected chi connectivity index (χ3v) is 10.0. The highest BCUT2D eigenvalue weighted by molar-refractivity contribution is 7.78. The number of nitrogens with one attached hydrogen (secondary N) is 2. The quantitative estimate of drug-likeness (QED) is 0.0916. The molecule has 3 aromatic carbocycles. The van der Waals surface area contributed by atoms with Crippen molar-refractivity contribution >= 4 is 41.9 Å². The monoisotopic (exact) mass is 781 g/mol. The second-order valence-corrected chi connectivity index (χ2v) is 13.6. The van der Waals surface area contributed by atoms with Gasteiger partial charge >= 0.3 is 6.18 Å². The molecule has 1 aliphatic carbocycles. The van der Waals surface area contributed by atoms with Gasteiger partial charge in [0, 0.05) is 44.9 Å². The molecule has 3 N–H and O–H groups in total. The molecule has 8 nitrogen and oxygen atoms in total. The van der Waals surface area contributed by atoms with Crippen LogP contribution < -0.4 is 10.0 Å². The highest BCUT2D eigenvalue weighted by Gasteiger charge is 2.44. The number of aryl methyl sites for hydroxylation is 2. The van der Waals surface area contributed by atoms with E-state index in [2.05, 4.69) is 27.8 Å². The predicted molar refractivity (Wildman–Crippen MR) is 203 cm³/mol. The minimum atomic E-state index is -4.72. The van der Waals surface area contributed by atoms with E-state index in [1.165, 1.54) is 0 Å². The van der Waals surface area contributed by atoms with E-state index in [0.29, 0.717) is 18.9 Å². The van der Waals surface area contributed by atoms with Crippen LogP contribution in [0.2, 0.25) is 0 Å². The number of rotatable bonds is 5. The summed E-state index contributed by atoms with van der Waals surface area (Å²) in [6, 6.07) is 16.1. The zero-order valence-electron chi connectivity index (χ0n) is 31.2. The van der Waals surface area contributed by atoms with Crippen LogP contribution in [0.25, 0.3) is 22.2 Å². The van der Waals surface area contributed by atoms with Gasteiger partial charge in [-0.3, -0.25) is 19.2 Å². The Balaban J connectivity index is 0.000000906. The first kappa shape index (κ1) is 44.3. The maximum Gasteiger partial charge on any atom is 0.416 e. The number of anilines is 1. The molecule has 2 aliphatic rings. The molecule has 2 heterocycles. The molecule has 1 amide bonds. The Labute approximate surface area is 317 Å². The number of thiol groups is 1. The molecule has 0 bridgehead atoms. The second kappa shape index (κ2) is 19.5. The minimum Gasteiger partial charge on any atom is -0.483 e. The van der Waals surface area contributed by atoms with E-state index < -0.39 is 35.3 Å². The number of halogens is 6. The summed E-state index contributed by atoms with van der Waals surface area (Å²) in [7, 11) is 3.71. The van der Waals surface area contributed by atoms with Crippen molar-refractivity contribution in [3.05, 3.63) is 83.4 Å². The van der Waals surface area contributed by atoms with E-state index in [9.17, 15) is 31.1 Å². The summed E-state index contributed by atoms with van der Waals surface area (Å²) in [5, 5.41) is 9.41. The molecule has 3 unspecified atom stereocenters. The third kappa shape index (κ3) is 11.0. The summed E-state index contributed by atoms with van der Waals surface area (Å²) in [4.78, 5) is 28.7. The fourth-order valence-corrected chi connectivity index (χ4v) is 7.13. The smallest absolute Gasteiger partial charge is 0.416 e. The average molecular weight is 782 g/mol. The summed E-state index contributed by atoms with van der Waals surface area (Å²) in [6.07, 6.45) is -4.20. The van der Waals surface area contributed by atoms with Crippen LogP contribution in [0.3, 0.4) is 0 Å². The van der Waals surface area contributed by atoms with Gasteiger partial charge in [-0.25, -0.2) is 18.2 Å². The standard InChI is InChI=1S/C35H36F6N4O.C2H6.CH5NS.CH2O2/c1-20-27(23-6-4-22(5-7-23)24-8-11-32-31(16-24)42-21(2)44(32)3)18-26(45-14-12-34(37,38)13-15-45)19-28(20)33(46)43-30-10-9-25(17-29(30)36)35(39,40)41;1-2;1-2-3;2-1-3/h4-11,16-17,20,26-28H,12-15,18-19H2,1-3H3,(H,43,46);1-2H3;2-3H,1H3;1H,(H,2,3)/t20-,26?,27?,28?;;;/m1.../s1. The van der Waals surface area contributed by atoms with E-state index in [1.54, 1.807) is 7.05 Å². The van der Waals surface area contributed by atoms with Gasteiger partial charge in [-0.05, 0) is 85.7 Å². The Morgan fingerprint density at radius 1 is 1.00 bits per heavy atom. The summed E-state index contributed by atoms with van der Waals surface area (Å²) >= 11 is 3.54. The van der Waals surface area contributed by atoms with Crippen LogP contribution in [0.4, 0.5) is 32.0 Å². The largest absolute Gasteiger partial charge is 0.483 e. The van der Waals surface area contributed by atoms with E-state index >= 15 is 0 Å². The molecule has 1 aromatic heterocycles. The van der Waals surface area contributed by atoms with Gasteiger partial charge in [-0.15, -0.1) is 0 Å². The fraction of sp³-hybridized carbons (Fsp3) is 0.462. The van der Waals surface area contributed by atoms with Gasteiger partial charge in [0.1, 0.15) is 11.6 Å². The molecule has 1 aliphatic heterocycles. The Bertz CT molecular complexity index is 1830. The number of alkyl halides is 5. The molecule has 0 radical (unpaired) electrons. The van der Waals surface area contributed by atoms with Crippen LogP contribution in [0, 0.1) is 24.6 Å². The van der Waals surface area contributed by atoms with Crippen molar-refractivity contribution in [1.82, 2.24) is 19.2 Å². The number of nitrogens with zero attached hydrogens (tertiary/aromatic N) is 3. The first-order valence-corrected chi connectivity index (χ1v) is 18.2. The highest BCUT2D eigenvalue weighted by atomic mass is 32.1. The number of hydrogen-bond donors (Lipinski definition) is 4. The molecule has 1 saturated heterocycles. The summed E-state index contributed by atoms with van der Waals surface area (Å²) in [5.41, 5.74) is 3.47. The van der Waals surface area contributed by atoms with Crippen LogP contribution in [0.15, 0.2) is 60.7 Å². The van der Waals surface area contributed by atoms with E-state index in [0.717, 1.165) is 45.7 Å². The van der Waals surface area contributed by atoms with Gasteiger partial charge in [0.25, 0.3) is 12.4 Å². The third-order valence-electron chi connectivity index (χ3n) is 10.0. The highest BCUT2D eigenvalue weighted by Crippen LogP contribution is 2.45. The molecule has 0 spiro atoms. The number of amides is 1. The van der Waals surface area contributed by atoms with Crippen molar-refractivity contribution in [2.24, 2.45) is 18.9 Å². The number of carbonyl (C=O) groups is 2. The maximum absolute atomic E-state index is 14.7. The molecule has 54 heavy (non-hydrogen) atoms. The maximum atomic E-state index is 14.7. The van der Waals surface area contributed by atoms with E-state index in [-0.39, 0.29) is 56.0 Å². The lowest BCUT2D eigenvalue weighted by atomic mass is 9.67. The normalized spacial score (nSPS) is 21.0. The van der Waals surface area contributed by atoms with Gasteiger partial charge in [-0.2, -0.15) is 13.2 Å². The second-order valence-electron chi connectivity index (χ2n) is 13.1. The molecule has 4 atom stereocenters. The minimum absolute atomic E-state index is 0.107. The van der Waals surface area contributed by atoms with E-state index in [4.69, 9.17) is 9.90 Å². The Kier molecular flexibility index (Phi) is 16.0. The van der Waals surface area contributed by atoms with Crippen LogP contribution in [-0.2, 0) is 22.8 Å². The van der Waals surface area contributed by atoms with Crippen molar-refractivity contribution in [2.75, 3.05) is 25.5 Å². The number of hydrogen-bond acceptors (Lipinski definition) is 6. The van der Waals surface area contributed by atoms with Gasteiger partial charge in [0.05, 0.1) is 22.3 Å². The van der Waals surface area contributed by atoms with Crippen LogP contribution in [0.1, 0.15) is 69.3 Å². The number of fused-ring (bicyclic) bond motifs is 1. The Morgan fingerprint density at radius 3 is 2.13 bits per heavy atom. The zero-order chi connectivity index (χ0) is 40.4. The average Bonchev–Trinajstić information content (AvgIpc) is 3.42. The number of likely N-dealkylation sites (tertiary alicyclic amines) is 1. The van der Waals surface area contributed by atoms with Crippen molar-refractivity contribution in [2.45, 2.75) is 77.4 Å². The molecule has 15 heteroatoms. The zero-order valence-corrected chi connectivity index (χ0v) is 32.1. The molecule has 2 fully saturated rings. The number of carboxylic acid groups (broad SMARTS) is 1. The van der Waals surface area contributed by atoms with Crippen LogP contribution >= 0.6 is 12.8 Å². The van der Waals surface area contributed by atoms with Crippen molar-refractivity contribution in [3.8, 4) is 11.1 Å². The number of piperidine rings is 1. The molecular formula is C39H49F6N5O3S. The molecule has 4 aromatic rings. The number of carbonyl (C=O) groups excluding carboxylic acids is 1. The Morgan fingerprint density at radius 2 is 1.57 bits per heavy atom. The van der Waals surface area contributed by atoms with E-state index in [1.807, 2.05) is 86.7 Å². The lowest BCUT2D eigenvalue weighted by Crippen LogP contribution is -2.50. The fourth-order valence-electron chi connectivity index (χ4n) is 7.13. The first-order chi connectivity index (χ1) is 25.5. The van der Waals surface area contributed by atoms with Gasteiger partial charge in [0.2, 0.25) is 5.91 Å². The summed E-state index contributed by atoms with van der Waals surface area (Å²) < 4.78 is 86.4. The van der Waals surface area contributed by atoms with Crippen molar-refractivity contribution in [1.29, 1.82) is 0 Å². The van der Waals surface area contributed by atoms with Gasteiger partial charge in [-0.1, -0.05) is 63.9 Å². The summed E-state index contributed by atoms with van der Waals surface area (Å²) in [5.74, 6) is -4.42. The van der Waals surface area contributed by atoms with Crippen molar-refractivity contribution in [3.63, 3.8) is 0 Å². The Hall–Kier alpha value is -4.08. The number of benzene rings is 3. The topological polar surface area (TPSA) is 99.5 Å². The SMILES string of the molecule is CC.CNS.Cc1nc2cc(-c3ccc(C4CC(N5CCC(F)(F)CC5)CC(C(=O)Nc5ccc(C(F)(F)F)cc5F)[C@@H]4C)cc3)ccc2n1C.O=CO. The molecule has 1 saturated carbocycles. The summed E-state index contributed by atoms with van der Waals surface area (Å²) in [6.45, 7) is 8.06. The molecule has 6 rings (SSSR count). The lowest BCUT2D eigenvalue weighted by molar-refractivity contribution is -0.137. The van der Waals surface area contributed by atoms with Crippen LogP contribution in [0.5, 0.6) is 0 Å².